The quantitative estimate of drug-likeness (QED) is 0.835. The van der Waals surface area contributed by atoms with Gasteiger partial charge in [0.1, 0.15) is 12.2 Å². The summed E-state index contributed by atoms with van der Waals surface area (Å²) in [5, 5.41) is 9.87. The van der Waals surface area contributed by atoms with Crippen molar-refractivity contribution in [2.24, 2.45) is 5.92 Å². The maximum Gasteiger partial charge on any atom is 0.248 e. The number of aromatic nitrogens is 3. The Morgan fingerprint density at radius 3 is 3.00 bits per heavy atom. The Hall–Kier alpha value is -1.04. The Morgan fingerprint density at radius 1 is 1.65 bits per heavy atom. The van der Waals surface area contributed by atoms with Gasteiger partial charge in [0, 0.05) is 12.8 Å². The zero-order chi connectivity index (χ0) is 12.3. The summed E-state index contributed by atoms with van der Waals surface area (Å²) in [5.41, 5.74) is 0. The standard InChI is InChI=1S/C11H18F2N4/c1-2-14-9(10-15-7-16-17-10)5-8-3-4-11(12,13)6-8/h7-9,14H,2-6H2,1H3,(H,15,16,17). The topological polar surface area (TPSA) is 53.6 Å². The second kappa shape index (κ2) is 5.08. The first kappa shape index (κ1) is 12.4. The molecule has 2 atom stereocenters. The fourth-order valence-electron chi connectivity index (χ4n) is 2.50. The van der Waals surface area contributed by atoms with Crippen LogP contribution in [-0.4, -0.2) is 27.6 Å². The average Bonchev–Trinajstić information content (AvgIpc) is 2.87. The van der Waals surface area contributed by atoms with Crippen molar-refractivity contribution < 1.29 is 8.78 Å². The smallest absolute Gasteiger partial charge is 0.248 e. The van der Waals surface area contributed by atoms with Gasteiger partial charge in [0.25, 0.3) is 0 Å². The van der Waals surface area contributed by atoms with Gasteiger partial charge in [-0.25, -0.2) is 13.8 Å². The molecule has 0 radical (unpaired) electrons. The van der Waals surface area contributed by atoms with E-state index >= 15 is 0 Å². The molecule has 0 spiro atoms. The predicted octanol–water partition coefficient (Wildman–Crippen LogP) is 2.28. The van der Waals surface area contributed by atoms with Crippen LogP contribution in [0.1, 0.15) is 44.5 Å². The number of alkyl halides is 2. The molecule has 1 fully saturated rings. The Balaban J connectivity index is 1.95. The van der Waals surface area contributed by atoms with Gasteiger partial charge < -0.3 is 5.32 Å². The van der Waals surface area contributed by atoms with Crippen LogP contribution in [0.25, 0.3) is 0 Å². The molecule has 2 rings (SSSR count). The van der Waals surface area contributed by atoms with Crippen LogP contribution in [0.2, 0.25) is 0 Å². The molecule has 0 aromatic carbocycles. The molecule has 1 aromatic rings. The second-order valence-corrected chi connectivity index (χ2v) is 4.68. The van der Waals surface area contributed by atoms with Crippen molar-refractivity contribution in [3.05, 3.63) is 12.2 Å². The SMILES string of the molecule is CCNC(CC1CCC(F)(F)C1)c1ncn[nH]1. The molecule has 0 amide bonds. The first-order valence-electron chi connectivity index (χ1n) is 6.07. The highest BCUT2D eigenvalue weighted by molar-refractivity contribution is 4.94. The average molecular weight is 244 g/mol. The number of aromatic amines is 1. The van der Waals surface area contributed by atoms with Gasteiger partial charge in [0.15, 0.2) is 0 Å². The van der Waals surface area contributed by atoms with Crippen LogP contribution in [0, 0.1) is 5.92 Å². The van der Waals surface area contributed by atoms with E-state index in [0.29, 0.717) is 12.8 Å². The Bertz CT molecular complexity index is 339. The number of halogens is 2. The van der Waals surface area contributed by atoms with Crippen LogP contribution in [0.4, 0.5) is 8.78 Å². The largest absolute Gasteiger partial charge is 0.308 e. The van der Waals surface area contributed by atoms with E-state index in [2.05, 4.69) is 20.5 Å². The molecule has 1 aliphatic rings. The summed E-state index contributed by atoms with van der Waals surface area (Å²) in [4.78, 5) is 4.10. The third-order valence-corrected chi connectivity index (χ3v) is 3.29. The monoisotopic (exact) mass is 244 g/mol. The van der Waals surface area contributed by atoms with Crippen LogP contribution in [-0.2, 0) is 0 Å². The number of rotatable bonds is 5. The van der Waals surface area contributed by atoms with E-state index in [1.807, 2.05) is 6.92 Å². The first-order chi connectivity index (χ1) is 8.11. The molecule has 17 heavy (non-hydrogen) atoms. The molecule has 0 saturated heterocycles. The number of hydrogen-bond acceptors (Lipinski definition) is 3. The molecule has 6 heteroatoms. The molecular weight excluding hydrogens is 226 g/mol. The normalized spacial score (nSPS) is 25.0. The van der Waals surface area contributed by atoms with Crippen LogP contribution in [0.5, 0.6) is 0 Å². The van der Waals surface area contributed by atoms with Crippen molar-refractivity contribution in [3.63, 3.8) is 0 Å². The minimum atomic E-state index is -2.47. The third kappa shape index (κ3) is 3.21. The fraction of sp³-hybridized carbons (Fsp3) is 0.818. The van der Waals surface area contributed by atoms with Crippen molar-refractivity contribution in [3.8, 4) is 0 Å². The molecule has 0 aliphatic heterocycles. The summed E-state index contributed by atoms with van der Waals surface area (Å²) in [5.74, 6) is -1.66. The third-order valence-electron chi connectivity index (χ3n) is 3.29. The van der Waals surface area contributed by atoms with Crippen molar-refractivity contribution in [2.75, 3.05) is 6.54 Å². The lowest BCUT2D eigenvalue weighted by Gasteiger charge is -2.19. The van der Waals surface area contributed by atoms with E-state index in [-0.39, 0.29) is 24.8 Å². The minimum absolute atomic E-state index is 0.00130. The van der Waals surface area contributed by atoms with E-state index < -0.39 is 5.92 Å². The lowest BCUT2D eigenvalue weighted by atomic mass is 9.97. The van der Waals surface area contributed by atoms with Crippen molar-refractivity contribution in [2.45, 2.75) is 44.6 Å². The number of nitrogens with zero attached hydrogens (tertiary/aromatic N) is 2. The highest BCUT2D eigenvalue weighted by atomic mass is 19.3. The molecule has 2 unspecified atom stereocenters. The van der Waals surface area contributed by atoms with Gasteiger partial charge in [0.05, 0.1) is 6.04 Å². The van der Waals surface area contributed by atoms with Gasteiger partial charge >= 0.3 is 0 Å². The van der Waals surface area contributed by atoms with Crippen LogP contribution >= 0.6 is 0 Å². The summed E-state index contributed by atoms with van der Waals surface area (Å²) in [6.07, 6.45) is 2.76. The zero-order valence-corrected chi connectivity index (χ0v) is 9.92. The lowest BCUT2D eigenvalue weighted by Crippen LogP contribution is -2.24. The Labute approximate surface area is 99.2 Å². The number of nitrogens with one attached hydrogen (secondary N) is 2. The maximum atomic E-state index is 13.1. The van der Waals surface area contributed by atoms with Gasteiger partial charge in [0.2, 0.25) is 5.92 Å². The fourth-order valence-corrected chi connectivity index (χ4v) is 2.50. The molecule has 96 valence electrons. The summed E-state index contributed by atoms with van der Waals surface area (Å²) in [7, 11) is 0. The molecule has 1 aliphatic carbocycles. The molecule has 1 aromatic heterocycles. The predicted molar refractivity (Wildman–Crippen MR) is 59.7 cm³/mol. The van der Waals surface area contributed by atoms with Crippen molar-refractivity contribution >= 4 is 0 Å². The van der Waals surface area contributed by atoms with Gasteiger partial charge in [-0.15, -0.1) is 0 Å². The summed E-state index contributed by atoms with van der Waals surface area (Å²) >= 11 is 0. The van der Waals surface area contributed by atoms with Gasteiger partial charge in [-0.05, 0) is 25.3 Å². The number of H-pyrrole nitrogens is 1. The maximum absolute atomic E-state index is 13.1. The van der Waals surface area contributed by atoms with E-state index in [1.54, 1.807) is 0 Å². The van der Waals surface area contributed by atoms with E-state index in [1.165, 1.54) is 6.33 Å². The molecule has 2 N–H and O–H groups in total. The lowest BCUT2D eigenvalue weighted by molar-refractivity contribution is 0.00427. The summed E-state index contributed by atoms with van der Waals surface area (Å²) in [6, 6.07) is 0.00130. The second-order valence-electron chi connectivity index (χ2n) is 4.68. The van der Waals surface area contributed by atoms with Gasteiger partial charge in [-0.1, -0.05) is 6.92 Å². The van der Waals surface area contributed by atoms with Gasteiger partial charge in [-0.3, -0.25) is 5.10 Å². The van der Waals surface area contributed by atoms with E-state index in [9.17, 15) is 8.78 Å². The first-order valence-corrected chi connectivity index (χ1v) is 6.07. The Kier molecular flexibility index (Phi) is 3.71. The minimum Gasteiger partial charge on any atom is -0.308 e. The highest BCUT2D eigenvalue weighted by Gasteiger charge is 2.40. The molecule has 4 nitrogen and oxygen atoms in total. The van der Waals surface area contributed by atoms with E-state index in [0.717, 1.165) is 12.4 Å². The summed E-state index contributed by atoms with van der Waals surface area (Å²) < 4.78 is 26.2. The number of hydrogen-bond donors (Lipinski definition) is 2. The van der Waals surface area contributed by atoms with Crippen LogP contribution < -0.4 is 5.32 Å². The van der Waals surface area contributed by atoms with Gasteiger partial charge in [-0.2, -0.15) is 5.10 Å². The zero-order valence-electron chi connectivity index (χ0n) is 9.92. The Morgan fingerprint density at radius 2 is 2.47 bits per heavy atom. The highest BCUT2D eigenvalue weighted by Crippen LogP contribution is 2.42. The summed E-state index contributed by atoms with van der Waals surface area (Å²) in [6.45, 7) is 2.78. The van der Waals surface area contributed by atoms with Crippen molar-refractivity contribution in [1.82, 2.24) is 20.5 Å². The van der Waals surface area contributed by atoms with Crippen LogP contribution in [0.3, 0.4) is 0 Å². The van der Waals surface area contributed by atoms with Crippen molar-refractivity contribution in [1.29, 1.82) is 0 Å². The van der Waals surface area contributed by atoms with E-state index in [4.69, 9.17) is 0 Å². The molecule has 1 heterocycles. The molecular formula is C11H18F2N4. The molecule has 0 bridgehead atoms. The molecule has 1 saturated carbocycles. The van der Waals surface area contributed by atoms with Crippen LogP contribution in [0.15, 0.2) is 6.33 Å².